The topological polar surface area (TPSA) is 89.3 Å². The van der Waals surface area contributed by atoms with Gasteiger partial charge in [0.15, 0.2) is 9.84 Å². The SMILES string of the molecule is Cc1c(Sc2ccc(S(C)(=O)=O)cc2)c2c(Cl)nccc2n1CC(=O)O. The molecular weight excluding hydrogens is 396 g/mol. The van der Waals surface area contributed by atoms with Crippen LogP contribution < -0.4 is 0 Å². The molecule has 0 bridgehead atoms. The van der Waals surface area contributed by atoms with E-state index in [1.165, 1.54) is 18.0 Å². The Morgan fingerprint density at radius 2 is 1.92 bits per heavy atom. The van der Waals surface area contributed by atoms with E-state index in [0.29, 0.717) is 16.1 Å². The fourth-order valence-electron chi connectivity index (χ4n) is 2.68. The molecule has 2 aromatic heterocycles. The molecule has 0 radical (unpaired) electrons. The van der Waals surface area contributed by atoms with E-state index in [9.17, 15) is 18.3 Å². The lowest BCUT2D eigenvalue weighted by molar-refractivity contribution is -0.137. The largest absolute Gasteiger partial charge is 0.480 e. The number of halogens is 1. The standard InChI is InChI=1S/C17H15ClN2O4S2/c1-10-16(25-11-3-5-12(6-4-11)26(2,23)24)15-13(7-8-19-17(15)18)20(10)9-14(21)22/h3-8H,9H2,1-2H3,(H,21,22). The zero-order chi connectivity index (χ0) is 19.1. The highest BCUT2D eigenvalue weighted by molar-refractivity contribution is 7.99. The highest BCUT2D eigenvalue weighted by Gasteiger charge is 2.19. The van der Waals surface area contributed by atoms with Gasteiger partial charge < -0.3 is 9.67 Å². The first-order chi connectivity index (χ1) is 12.2. The van der Waals surface area contributed by atoms with Crippen LogP contribution in [0.2, 0.25) is 5.15 Å². The molecule has 0 amide bonds. The summed E-state index contributed by atoms with van der Waals surface area (Å²) in [4.78, 5) is 17.2. The van der Waals surface area contributed by atoms with Crippen LogP contribution in [0.3, 0.4) is 0 Å². The molecule has 26 heavy (non-hydrogen) atoms. The van der Waals surface area contributed by atoms with Crippen LogP contribution in [-0.2, 0) is 21.2 Å². The second-order valence-corrected chi connectivity index (χ2v) is 9.19. The molecule has 0 atom stereocenters. The smallest absolute Gasteiger partial charge is 0.323 e. The molecule has 3 rings (SSSR count). The Morgan fingerprint density at radius 3 is 2.50 bits per heavy atom. The Kier molecular flexibility index (Phi) is 5.01. The molecule has 0 unspecified atom stereocenters. The first-order valence-corrected chi connectivity index (χ1v) is 10.6. The van der Waals surface area contributed by atoms with Gasteiger partial charge in [-0.15, -0.1) is 0 Å². The summed E-state index contributed by atoms with van der Waals surface area (Å²) in [5.74, 6) is -0.952. The first kappa shape index (κ1) is 18.8. The average Bonchev–Trinajstić information content (AvgIpc) is 2.81. The minimum Gasteiger partial charge on any atom is -0.480 e. The minimum atomic E-state index is -3.26. The van der Waals surface area contributed by atoms with Crippen LogP contribution in [-0.4, -0.2) is 35.3 Å². The van der Waals surface area contributed by atoms with Crippen molar-refractivity contribution in [2.24, 2.45) is 0 Å². The number of nitrogens with zero attached hydrogens (tertiary/aromatic N) is 2. The number of rotatable bonds is 5. The number of fused-ring (bicyclic) bond motifs is 1. The molecule has 0 saturated heterocycles. The number of carboxylic acids is 1. The van der Waals surface area contributed by atoms with Crippen molar-refractivity contribution in [3.63, 3.8) is 0 Å². The van der Waals surface area contributed by atoms with Crippen molar-refractivity contribution < 1.29 is 18.3 Å². The van der Waals surface area contributed by atoms with Crippen molar-refractivity contribution in [2.45, 2.75) is 28.2 Å². The monoisotopic (exact) mass is 410 g/mol. The number of hydrogen-bond acceptors (Lipinski definition) is 5. The summed E-state index contributed by atoms with van der Waals surface area (Å²) in [6, 6.07) is 8.25. The molecule has 0 fully saturated rings. The molecule has 9 heteroatoms. The van der Waals surface area contributed by atoms with Gasteiger partial charge in [0, 0.05) is 27.9 Å². The predicted octanol–water partition coefficient (Wildman–Crippen LogP) is 3.64. The lowest BCUT2D eigenvalue weighted by atomic mass is 10.3. The van der Waals surface area contributed by atoms with Crippen LogP contribution in [0.1, 0.15) is 5.69 Å². The van der Waals surface area contributed by atoms with Crippen molar-refractivity contribution >= 4 is 50.1 Å². The van der Waals surface area contributed by atoms with Crippen LogP contribution in [0, 0.1) is 6.92 Å². The molecule has 1 aromatic carbocycles. The molecule has 1 N–H and O–H groups in total. The second kappa shape index (κ2) is 6.94. The van der Waals surface area contributed by atoms with Crippen molar-refractivity contribution in [3.05, 3.63) is 47.4 Å². The number of aliphatic carboxylic acids is 1. The van der Waals surface area contributed by atoms with Gasteiger partial charge in [0.05, 0.1) is 15.8 Å². The van der Waals surface area contributed by atoms with Crippen molar-refractivity contribution in [1.29, 1.82) is 0 Å². The van der Waals surface area contributed by atoms with Gasteiger partial charge in [-0.3, -0.25) is 4.79 Å². The van der Waals surface area contributed by atoms with Crippen LogP contribution in [0.5, 0.6) is 0 Å². The van der Waals surface area contributed by atoms with Gasteiger partial charge in [-0.25, -0.2) is 13.4 Å². The Labute approximate surface area is 159 Å². The normalized spacial score (nSPS) is 11.8. The number of sulfone groups is 1. The summed E-state index contributed by atoms with van der Waals surface area (Å²) in [6.45, 7) is 1.64. The summed E-state index contributed by atoms with van der Waals surface area (Å²) in [5, 5.41) is 10.2. The molecule has 0 aliphatic heterocycles. The van der Waals surface area contributed by atoms with E-state index in [4.69, 9.17) is 11.6 Å². The minimum absolute atomic E-state index is 0.184. The number of carboxylic acid groups (broad SMARTS) is 1. The van der Waals surface area contributed by atoms with Crippen LogP contribution in [0.15, 0.2) is 51.2 Å². The lowest BCUT2D eigenvalue weighted by Gasteiger charge is -2.06. The summed E-state index contributed by atoms with van der Waals surface area (Å²) in [7, 11) is -3.26. The van der Waals surface area contributed by atoms with Gasteiger partial charge in [-0.2, -0.15) is 0 Å². The molecule has 6 nitrogen and oxygen atoms in total. The maximum absolute atomic E-state index is 11.6. The van der Waals surface area contributed by atoms with E-state index in [2.05, 4.69) is 4.98 Å². The van der Waals surface area contributed by atoms with Crippen LogP contribution >= 0.6 is 23.4 Å². The molecular formula is C17H15ClN2O4S2. The number of aromatic nitrogens is 2. The number of hydrogen-bond donors (Lipinski definition) is 1. The van der Waals surface area contributed by atoms with E-state index >= 15 is 0 Å². The Hall–Kier alpha value is -2.03. The second-order valence-electron chi connectivity index (χ2n) is 5.74. The van der Waals surface area contributed by atoms with E-state index in [1.807, 2.05) is 6.92 Å². The Balaban J connectivity index is 2.10. The summed E-state index contributed by atoms with van der Waals surface area (Å²) < 4.78 is 24.9. The molecule has 2 heterocycles. The van der Waals surface area contributed by atoms with Crippen LogP contribution in [0.4, 0.5) is 0 Å². The third-order valence-electron chi connectivity index (χ3n) is 3.90. The summed E-state index contributed by atoms with van der Waals surface area (Å²) in [6.07, 6.45) is 2.70. The molecule has 0 spiro atoms. The highest BCUT2D eigenvalue weighted by Crippen LogP contribution is 2.40. The zero-order valence-electron chi connectivity index (χ0n) is 13.9. The van der Waals surface area contributed by atoms with Crippen molar-refractivity contribution in [2.75, 3.05) is 6.26 Å². The molecule has 0 aliphatic carbocycles. The van der Waals surface area contributed by atoms with Gasteiger partial charge >= 0.3 is 5.97 Å². The van der Waals surface area contributed by atoms with Crippen LogP contribution in [0.25, 0.3) is 10.9 Å². The van der Waals surface area contributed by atoms with E-state index in [0.717, 1.165) is 21.7 Å². The predicted molar refractivity (Wildman–Crippen MR) is 101 cm³/mol. The van der Waals surface area contributed by atoms with Crippen molar-refractivity contribution in [1.82, 2.24) is 9.55 Å². The molecule has 0 aliphatic rings. The van der Waals surface area contributed by atoms with Gasteiger partial charge in [-0.1, -0.05) is 23.4 Å². The Morgan fingerprint density at radius 1 is 1.27 bits per heavy atom. The number of carbonyl (C=O) groups is 1. The fraction of sp³-hybridized carbons (Fsp3) is 0.176. The molecule has 3 aromatic rings. The van der Waals surface area contributed by atoms with Gasteiger partial charge in [-0.05, 0) is 37.3 Å². The summed E-state index contributed by atoms with van der Waals surface area (Å²) in [5.41, 5.74) is 1.45. The molecule has 136 valence electrons. The third kappa shape index (κ3) is 3.58. The number of benzene rings is 1. The maximum Gasteiger partial charge on any atom is 0.323 e. The van der Waals surface area contributed by atoms with Gasteiger partial charge in [0.25, 0.3) is 0 Å². The maximum atomic E-state index is 11.6. The summed E-state index contributed by atoms with van der Waals surface area (Å²) >= 11 is 7.66. The molecule has 0 saturated carbocycles. The highest BCUT2D eigenvalue weighted by atomic mass is 35.5. The fourth-order valence-corrected chi connectivity index (χ4v) is 4.69. The van der Waals surface area contributed by atoms with E-state index in [-0.39, 0.29) is 11.4 Å². The van der Waals surface area contributed by atoms with Gasteiger partial charge in [0.1, 0.15) is 11.7 Å². The Bertz CT molecular complexity index is 1110. The van der Waals surface area contributed by atoms with Gasteiger partial charge in [0.2, 0.25) is 0 Å². The lowest BCUT2D eigenvalue weighted by Crippen LogP contribution is -2.09. The van der Waals surface area contributed by atoms with Crippen molar-refractivity contribution in [3.8, 4) is 0 Å². The first-order valence-electron chi connectivity index (χ1n) is 7.51. The van der Waals surface area contributed by atoms with E-state index in [1.54, 1.807) is 34.9 Å². The quantitative estimate of drug-likeness (QED) is 0.646. The third-order valence-corrected chi connectivity index (χ3v) is 6.53. The van der Waals surface area contributed by atoms with E-state index < -0.39 is 15.8 Å². The average molecular weight is 411 g/mol. The zero-order valence-corrected chi connectivity index (χ0v) is 16.3. The number of pyridine rings is 1.